The summed E-state index contributed by atoms with van der Waals surface area (Å²) in [4.78, 5) is 0. The molecule has 1 aromatic carbocycles. The lowest BCUT2D eigenvalue weighted by Gasteiger charge is -2.30. The van der Waals surface area contributed by atoms with Gasteiger partial charge in [-0.2, -0.15) is 5.26 Å². The van der Waals surface area contributed by atoms with Crippen LogP contribution in [0.4, 0.5) is 0 Å². The van der Waals surface area contributed by atoms with E-state index in [0.29, 0.717) is 0 Å². The molecule has 2 rings (SSSR count). The monoisotopic (exact) mass is 365 g/mol. The van der Waals surface area contributed by atoms with Crippen LogP contribution in [0.2, 0.25) is 0 Å². The van der Waals surface area contributed by atoms with Crippen molar-refractivity contribution < 1.29 is 0 Å². The minimum Gasteiger partial charge on any atom is -0.193 e. The van der Waals surface area contributed by atoms with E-state index in [1.165, 1.54) is 0 Å². The van der Waals surface area contributed by atoms with E-state index in [4.69, 9.17) is 0 Å². The Morgan fingerprint density at radius 3 is 2.39 bits per heavy atom. The van der Waals surface area contributed by atoms with Gasteiger partial charge in [0.2, 0.25) is 0 Å². The third kappa shape index (κ3) is 2.60. The minimum absolute atomic E-state index is 0.0172. The quantitative estimate of drug-likeness (QED) is 0.711. The van der Waals surface area contributed by atoms with Gasteiger partial charge in [-0.1, -0.05) is 74.3 Å². The van der Waals surface area contributed by atoms with Crippen LogP contribution in [0.25, 0.3) is 5.57 Å². The summed E-state index contributed by atoms with van der Waals surface area (Å²) < 4.78 is 0. The Labute approximate surface area is 124 Å². The summed E-state index contributed by atoms with van der Waals surface area (Å²) in [5, 5.41) is 11.1. The predicted octanol–water partition coefficient (Wildman–Crippen LogP) is 4.70. The lowest BCUT2D eigenvalue weighted by atomic mass is 9.78. The number of allylic oxidation sites excluding steroid dienone is 4. The number of rotatable bonds is 3. The molecule has 1 aliphatic carbocycles. The molecule has 92 valence electrons. The molecule has 3 heteroatoms. The van der Waals surface area contributed by atoms with E-state index >= 15 is 0 Å². The number of halogens is 2. The zero-order chi connectivity index (χ0) is 13.0. The molecule has 0 atom stereocenters. The van der Waals surface area contributed by atoms with Crippen molar-refractivity contribution in [2.24, 2.45) is 5.41 Å². The molecule has 18 heavy (non-hydrogen) atoms. The average molecular weight is 367 g/mol. The molecule has 0 N–H and O–H groups in total. The van der Waals surface area contributed by atoms with Crippen molar-refractivity contribution in [3.8, 4) is 6.07 Å². The normalized spacial score (nSPS) is 17.6. The van der Waals surface area contributed by atoms with Gasteiger partial charge in [0.25, 0.3) is 0 Å². The lowest BCUT2D eigenvalue weighted by molar-refractivity contribution is 0.507. The summed E-state index contributed by atoms with van der Waals surface area (Å²) >= 11 is 7.10. The Kier molecular flexibility index (Phi) is 4.42. The van der Waals surface area contributed by atoms with E-state index in [0.717, 1.165) is 33.8 Å². The van der Waals surface area contributed by atoms with Gasteiger partial charge in [0.15, 0.2) is 0 Å². The second-order valence-corrected chi connectivity index (χ2v) is 5.63. The molecule has 0 heterocycles. The average Bonchev–Trinajstić information content (AvgIpc) is 2.47. The zero-order valence-electron chi connectivity index (χ0n) is 9.87. The van der Waals surface area contributed by atoms with Crippen LogP contribution in [-0.4, -0.2) is 10.7 Å². The van der Waals surface area contributed by atoms with Crippen LogP contribution in [0.15, 0.2) is 48.1 Å². The first kappa shape index (κ1) is 13.6. The van der Waals surface area contributed by atoms with Crippen molar-refractivity contribution in [2.75, 3.05) is 10.7 Å². The van der Waals surface area contributed by atoms with Crippen molar-refractivity contribution in [1.82, 2.24) is 0 Å². The van der Waals surface area contributed by atoms with Gasteiger partial charge in [0, 0.05) is 21.6 Å². The van der Waals surface area contributed by atoms with Crippen LogP contribution >= 0.6 is 31.9 Å². The summed E-state index contributed by atoms with van der Waals surface area (Å²) in [6, 6.07) is 12.5. The Bertz CT molecular complexity index is 519. The van der Waals surface area contributed by atoms with E-state index in [1.807, 2.05) is 30.3 Å². The molecule has 0 bridgehead atoms. The van der Waals surface area contributed by atoms with Gasteiger partial charge in [0.05, 0.1) is 6.07 Å². The summed E-state index contributed by atoms with van der Waals surface area (Å²) in [6.45, 7) is 0. The van der Waals surface area contributed by atoms with Crippen LogP contribution in [0.1, 0.15) is 12.0 Å². The van der Waals surface area contributed by atoms with Crippen molar-refractivity contribution in [2.45, 2.75) is 6.42 Å². The van der Waals surface area contributed by atoms with Gasteiger partial charge in [-0.05, 0) is 17.6 Å². The maximum Gasteiger partial charge on any atom is 0.0953 e. The van der Waals surface area contributed by atoms with E-state index in [-0.39, 0.29) is 5.41 Å². The first-order chi connectivity index (χ1) is 8.74. The molecule has 0 saturated carbocycles. The number of benzene rings is 1. The molecule has 1 aromatic rings. The molecule has 1 nitrogen and oxygen atoms in total. The zero-order valence-corrected chi connectivity index (χ0v) is 13.0. The van der Waals surface area contributed by atoms with Crippen molar-refractivity contribution in [3.63, 3.8) is 0 Å². The molecule has 0 spiro atoms. The van der Waals surface area contributed by atoms with Crippen LogP contribution in [-0.2, 0) is 0 Å². The molecule has 0 aromatic heterocycles. The van der Waals surface area contributed by atoms with Crippen molar-refractivity contribution in [3.05, 3.63) is 53.6 Å². The third-order valence-corrected chi connectivity index (χ3v) is 5.44. The summed E-state index contributed by atoms with van der Waals surface area (Å²) in [5.41, 5.74) is 3.05. The maximum atomic E-state index is 9.37. The number of nitrogens with zero attached hydrogens (tertiary/aromatic N) is 1. The maximum absolute atomic E-state index is 9.37. The molecular formula is C15H13Br2N. The summed E-state index contributed by atoms with van der Waals surface area (Å²) in [6.07, 6.45) is 5.07. The van der Waals surface area contributed by atoms with E-state index in [1.54, 1.807) is 0 Å². The SMILES string of the molecule is N#CC1=C(c2ccccc2)C=CC(CBr)(CBr)C1. The molecule has 0 radical (unpaired) electrons. The number of hydrogen-bond donors (Lipinski definition) is 0. The summed E-state index contributed by atoms with van der Waals surface area (Å²) in [5.74, 6) is 0. The highest BCUT2D eigenvalue weighted by Gasteiger charge is 2.30. The second-order valence-electron chi connectivity index (χ2n) is 4.51. The van der Waals surface area contributed by atoms with E-state index in [2.05, 4.69) is 50.1 Å². The smallest absolute Gasteiger partial charge is 0.0953 e. The van der Waals surface area contributed by atoms with E-state index < -0.39 is 0 Å². The number of nitriles is 1. The summed E-state index contributed by atoms with van der Waals surface area (Å²) in [7, 11) is 0. The molecule has 0 fully saturated rings. The Morgan fingerprint density at radius 2 is 1.83 bits per heavy atom. The molecule has 0 unspecified atom stereocenters. The Balaban J connectivity index is 2.42. The molecule has 0 amide bonds. The van der Waals surface area contributed by atoms with Crippen LogP contribution in [0, 0.1) is 16.7 Å². The standard InChI is InChI=1S/C15H13Br2N/c16-10-15(11-17)7-6-14(13(8-15)9-18)12-4-2-1-3-5-12/h1-7H,8,10-11H2. The first-order valence-electron chi connectivity index (χ1n) is 5.74. The molecular weight excluding hydrogens is 354 g/mol. The highest BCUT2D eigenvalue weighted by atomic mass is 79.9. The predicted molar refractivity (Wildman–Crippen MR) is 82.8 cm³/mol. The van der Waals surface area contributed by atoms with Crippen LogP contribution < -0.4 is 0 Å². The topological polar surface area (TPSA) is 23.8 Å². The largest absolute Gasteiger partial charge is 0.193 e. The van der Waals surface area contributed by atoms with Crippen LogP contribution in [0.5, 0.6) is 0 Å². The highest BCUT2D eigenvalue weighted by molar-refractivity contribution is 9.09. The van der Waals surface area contributed by atoms with Crippen molar-refractivity contribution in [1.29, 1.82) is 5.26 Å². The minimum atomic E-state index is 0.0172. The Hall–Kier alpha value is -0.850. The fourth-order valence-corrected chi connectivity index (χ4v) is 3.77. The molecule has 1 aliphatic rings. The third-order valence-electron chi connectivity index (χ3n) is 3.21. The van der Waals surface area contributed by atoms with Crippen molar-refractivity contribution >= 4 is 37.4 Å². The second kappa shape index (κ2) is 5.86. The number of alkyl halides is 2. The highest BCUT2D eigenvalue weighted by Crippen LogP contribution is 2.40. The molecule has 0 aliphatic heterocycles. The lowest BCUT2D eigenvalue weighted by Crippen LogP contribution is -2.25. The van der Waals surface area contributed by atoms with Crippen LogP contribution in [0.3, 0.4) is 0 Å². The van der Waals surface area contributed by atoms with Gasteiger partial charge in [0.1, 0.15) is 0 Å². The van der Waals surface area contributed by atoms with Gasteiger partial charge >= 0.3 is 0 Å². The fourth-order valence-electron chi connectivity index (χ4n) is 2.07. The van der Waals surface area contributed by atoms with Gasteiger partial charge in [-0.15, -0.1) is 0 Å². The number of hydrogen-bond acceptors (Lipinski definition) is 1. The fraction of sp³-hybridized carbons (Fsp3) is 0.267. The van der Waals surface area contributed by atoms with E-state index in [9.17, 15) is 5.26 Å². The van der Waals surface area contributed by atoms with Gasteiger partial charge in [-0.25, -0.2) is 0 Å². The Morgan fingerprint density at radius 1 is 1.17 bits per heavy atom. The first-order valence-corrected chi connectivity index (χ1v) is 7.99. The van der Waals surface area contributed by atoms with Gasteiger partial charge in [-0.3, -0.25) is 0 Å². The van der Waals surface area contributed by atoms with Gasteiger partial charge < -0.3 is 0 Å². The molecule has 0 saturated heterocycles.